The largest absolute Gasteiger partial charge is 0.481 e. The zero-order valence-corrected chi connectivity index (χ0v) is 10.0. The van der Waals surface area contributed by atoms with Crippen LogP contribution in [0.25, 0.3) is 0 Å². The molecule has 1 saturated carbocycles. The number of nitrogens with one attached hydrogen (secondary N) is 2. The van der Waals surface area contributed by atoms with Gasteiger partial charge in [0.2, 0.25) is 0 Å². The van der Waals surface area contributed by atoms with Crippen molar-refractivity contribution in [3.05, 3.63) is 0 Å². The van der Waals surface area contributed by atoms with Crippen LogP contribution in [-0.2, 0) is 15.0 Å². The molecule has 0 amide bonds. The van der Waals surface area contributed by atoms with E-state index in [4.69, 9.17) is 5.11 Å². The van der Waals surface area contributed by atoms with E-state index in [9.17, 15) is 26.4 Å². The third-order valence-corrected chi connectivity index (χ3v) is 3.49. The van der Waals surface area contributed by atoms with E-state index < -0.39 is 41.4 Å². The minimum atomic E-state index is -4.66. The van der Waals surface area contributed by atoms with Crippen LogP contribution < -0.4 is 9.44 Å². The molecule has 0 heterocycles. The third-order valence-electron chi connectivity index (χ3n) is 2.35. The summed E-state index contributed by atoms with van der Waals surface area (Å²) in [6.07, 6.45) is -3.77. The number of carboxylic acid groups (broad SMARTS) is 1. The molecule has 1 atom stereocenters. The lowest BCUT2D eigenvalue weighted by molar-refractivity contribution is -0.137. The van der Waals surface area contributed by atoms with Crippen molar-refractivity contribution >= 4 is 16.2 Å². The lowest BCUT2D eigenvalue weighted by Gasteiger charge is -2.17. The number of alkyl halides is 3. The van der Waals surface area contributed by atoms with E-state index in [0.29, 0.717) is 12.8 Å². The van der Waals surface area contributed by atoms with Crippen LogP contribution in [0.15, 0.2) is 0 Å². The molecule has 0 aromatic carbocycles. The van der Waals surface area contributed by atoms with E-state index in [2.05, 4.69) is 0 Å². The van der Waals surface area contributed by atoms with Gasteiger partial charge in [-0.2, -0.15) is 31.0 Å². The van der Waals surface area contributed by atoms with Gasteiger partial charge >= 0.3 is 12.1 Å². The van der Waals surface area contributed by atoms with Crippen molar-refractivity contribution in [3.8, 4) is 0 Å². The monoisotopic (exact) mass is 290 g/mol. The first-order chi connectivity index (χ1) is 8.09. The molecule has 0 bridgehead atoms. The maximum absolute atomic E-state index is 11.9. The summed E-state index contributed by atoms with van der Waals surface area (Å²) in [6, 6.07) is -0.867. The van der Waals surface area contributed by atoms with Crippen molar-refractivity contribution in [1.82, 2.24) is 9.44 Å². The highest BCUT2D eigenvalue weighted by molar-refractivity contribution is 7.87. The van der Waals surface area contributed by atoms with Gasteiger partial charge in [-0.25, -0.2) is 0 Å². The van der Waals surface area contributed by atoms with Crippen LogP contribution in [0, 0.1) is 5.92 Å². The molecule has 1 aliphatic rings. The van der Waals surface area contributed by atoms with Gasteiger partial charge in [-0.15, -0.1) is 0 Å². The maximum Gasteiger partial charge on any atom is 0.402 e. The van der Waals surface area contributed by atoms with Gasteiger partial charge in [0.1, 0.15) is 6.54 Å². The molecule has 10 heteroatoms. The molecular formula is C8H13F3N2O4S. The van der Waals surface area contributed by atoms with Gasteiger partial charge in [0, 0.05) is 6.04 Å². The first-order valence-corrected chi connectivity index (χ1v) is 6.63. The number of hydrogen-bond acceptors (Lipinski definition) is 3. The van der Waals surface area contributed by atoms with Crippen molar-refractivity contribution < 1.29 is 31.5 Å². The molecule has 0 saturated heterocycles. The third kappa shape index (κ3) is 6.17. The van der Waals surface area contributed by atoms with Gasteiger partial charge in [-0.05, 0) is 18.8 Å². The highest BCUT2D eigenvalue weighted by atomic mass is 32.2. The van der Waals surface area contributed by atoms with E-state index in [1.165, 1.54) is 4.72 Å². The van der Waals surface area contributed by atoms with Crippen molar-refractivity contribution in [3.63, 3.8) is 0 Å². The summed E-state index contributed by atoms with van der Waals surface area (Å²) in [7, 11) is -4.35. The molecule has 0 spiro atoms. The van der Waals surface area contributed by atoms with Crippen molar-refractivity contribution in [2.75, 3.05) is 6.54 Å². The molecule has 1 unspecified atom stereocenters. The average Bonchev–Trinajstić information content (AvgIpc) is 2.94. The summed E-state index contributed by atoms with van der Waals surface area (Å²) < 4.78 is 61.4. The Morgan fingerprint density at radius 1 is 1.39 bits per heavy atom. The molecule has 0 aromatic rings. The van der Waals surface area contributed by atoms with E-state index in [1.54, 1.807) is 0 Å². The highest BCUT2D eigenvalue weighted by Crippen LogP contribution is 2.34. The zero-order chi connectivity index (χ0) is 14.0. The lowest BCUT2D eigenvalue weighted by Crippen LogP contribution is -2.47. The minimum absolute atomic E-state index is 0.122. The topological polar surface area (TPSA) is 95.5 Å². The Labute approximate surface area is 102 Å². The van der Waals surface area contributed by atoms with Crippen molar-refractivity contribution in [2.45, 2.75) is 31.5 Å². The molecule has 3 N–H and O–H groups in total. The van der Waals surface area contributed by atoms with Gasteiger partial charge in [-0.1, -0.05) is 0 Å². The van der Waals surface area contributed by atoms with Crippen LogP contribution in [0.2, 0.25) is 0 Å². The smallest absolute Gasteiger partial charge is 0.402 e. The fraction of sp³-hybridized carbons (Fsp3) is 0.875. The number of carboxylic acids is 1. The van der Waals surface area contributed by atoms with Gasteiger partial charge in [-0.3, -0.25) is 4.79 Å². The number of carbonyl (C=O) groups is 1. The Kier molecular flexibility index (Phi) is 4.56. The fourth-order valence-corrected chi connectivity index (χ4v) is 2.52. The van der Waals surface area contributed by atoms with Gasteiger partial charge in [0.05, 0.1) is 6.42 Å². The normalized spacial score (nSPS) is 18.6. The standard InChI is InChI=1S/C8H13F3N2O4S/c9-8(10,11)4-12-18(16,17)13-6(3-7(14)15)5-1-2-5/h5-6,12-13H,1-4H2,(H,14,15). The van der Waals surface area contributed by atoms with Crippen LogP contribution in [0.5, 0.6) is 0 Å². The molecule has 106 valence electrons. The first kappa shape index (κ1) is 15.2. The summed E-state index contributed by atoms with van der Waals surface area (Å²) in [4.78, 5) is 10.5. The summed E-state index contributed by atoms with van der Waals surface area (Å²) in [5.74, 6) is -1.33. The van der Waals surface area contributed by atoms with E-state index in [0.717, 1.165) is 0 Å². The molecule has 6 nitrogen and oxygen atoms in total. The minimum Gasteiger partial charge on any atom is -0.481 e. The Balaban J connectivity index is 2.53. The molecule has 1 aliphatic carbocycles. The second kappa shape index (κ2) is 5.41. The van der Waals surface area contributed by atoms with Gasteiger partial charge in [0.25, 0.3) is 10.2 Å². The fourth-order valence-electron chi connectivity index (χ4n) is 1.41. The summed E-state index contributed by atoms with van der Waals surface area (Å²) in [6.45, 7) is -1.69. The Hall–Kier alpha value is -0.870. The predicted octanol–water partition coefficient (Wildman–Crippen LogP) is 0.226. The number of rotatable bonds is 7. The van der Waals surface area contributed by atoms with Crippen molar-refractivity contribution in [2.24, 2.45) is 5.92 Å². The Morgan fingerprint density at radius 3 is 2.33 bits per heavy atom. The molecule has 1 rings (SSSR count). The van der Waals surface area contributed by atoms with Crippen LogP contribution in [-0.4, -0.2) is 38.3 Å². The zero-order valence-electron chi connectivity index (χ0n) is 9.20. The maximum atomic E-state index is 11.9. The number of hydrogen-bond donors (Lipinski definition) is 3. The SMILES string of the molecule is O=C(O)CC(NS(=O)(=O)NCC(F)(F)F)C1CC1. The van der Waals surface area contributed by atoms with Gasteiger partial charge < -0.3 is 5.11 Å². The average molecular weight is 290 g/mol. The molecule has 0 aliphatic heterocycles. The lowest BCUT2D eigenvalue weighted by atomic mass is 10.1. The quantitative estimate of drug-likeness (QED) is 0.625. The van der Waals surface area contributed by atoms with Crippen LogP contribution >= 0.6 is 0 Å². The van der Waals surface area contributed by atoms with E-state index in [1.807, 2.05) is 4.72 Å². The van der Waals surface area contributed by atoms with Crippen molar-refractivity contribution in [1.29, 1.82) is 0 Å². The summed E-state index contributed by atoms with van der Waals surface area (Å²) in [5.41, 5.74) is 0. The molecular weight excluding hydrogens is 277 g/mol. The van der Waals surface area contributed by atoms with Crippen LogP contribution in [0.3, 0.4) is 0 Å². The highest BCUT2D eigenvalue weighted by Gasteiger charge is 2.36. The second-order valence-electron chi connectivity index (χ2n) is 4.10. The molecule has 18 heavy (non-hydrogen) atoms. The predicted molar refractivity (Wildman–Crippen MR) is 54.9 cm³/mol. The van der Waals surface area contributed by atoms with E-state index >= 15 is 0 Å². The van der Waals surface area contributed by atoms with Crippen LogP contribution in [0.1, 0.15) is 19.3 Å². The second-order valence-corrected chi connectivity index (χ2v) is 5.63. The Morgan fingerprint density at radius 2 is 1.94 bits per heavy atom. The summed E-state index contributed by atoms with van der Waals surface area (Å²) >= 11 is 0. The van der Waals surface area contributed by atoms with Gasteiger partial charge in [0.15, 0.2) is 0 Å². The number of halogens is 3. The molecule has 0 aromatic heterocycles. The first-order valence-electron chi connectivity index (χ1n) is 5.14. The number of aliphatic carboxylic acids is 1. The van der Waals surface area contributed by atoms with Crippen LogP contribution in [0.4, 0.5) is 13.2 Å². The molecule has 0 radical (unpaired) electrons. The van der Waals surface area contributed by atoms with E-state index in [-0.39, 0.29) is 5.92 Å². The Bertz CT molecular complexity index is 405. The summed E-state index contributed by atoms with van der Waals surface area (Å²) in [5, 5.41) is 8.58. The molecule has 1 fully saturated rings.